The Morgan fingerprint density at radius 2 is 1.60 bits per heavy atom. The van der Waals surface area contributed by atoms with Crippen molar-refractivity contribution in [3.63, 3.8) is 0 Å². The number of sulfonamides is 2. The lowest BCUT2D eigenvalue weighted by Gasteiger charge is -2.26. The van der Waals surface area contributed by atoms with E-state index >= 15 is 0 Å². The van der Waals surface area contributed by atoms with Crippen LogP contribution in [0, 0.1) is 5.92 Å². The number of hydrogen-bond donors (Lipinski definition) is 2. The maximum Gasteiger partial charge on any atom is 0.242 e. The third-order valence-electron chi connectivity index (χ3n) is 3.44. The number of rotatable bonds is 5. The van der Waals surface area contributed by atoms with Crippen molar-refractivity contribution >= 4 is 20.0 Å². The molecule has 0 aromatic heterocycles. The first kappa shape index (κ1) is 15.4. The molecule has 0 amide bonds. The summed E-state index contributed by atoms with van der Waals surface area (Å²) in [6.07, 6.45) is 1.93. The molecule has 6 nitrogen and oxygen atoms in total. The van der Waals surface area contributed by atoms with E-state index in [1.165, 1.54) is 24.3 Å². The molecule has 2 rings (SSSR count). The Bertz CT molecular complexity index is 720. The van der Waals surface area contributed by atoms with Crippen LogP contribution in [0.5, 0.6) is 0 Å². The van der Waals surface area contributed by atoms with Crippen LogP contribution < -0.4 is 9.86 Å². The van der Waals surface area contributed by atoms with Crippen LogP contribution in [0.4, 0.5) is 0 Å². The molecule has 0 spiro atoms. The van der Waals surface area contributed by atoms with Crippen molar-refractivity contribution in [2.24, 2.45) is 11.1 Å². The van der Waals surface area contributed by atoms with E-state index in [4.69, 9.17) is 5.14 Å². The van der Waals surface area contributed by atoms with E-state index in [1.54, 1.807) is 13.8 Å². The van der Waals surface area contributed by atoms with Crippen LogP contribution in [0.3, 0.4) is 0 Å². The molecular weight excluding hydrogens is 300 g/mol. The van der Waals surface area contributed by atoms with Gasteiger partial charge >= 0.3 is 0 Å². The summed E-state index contributed by atoms with van der Waals surface area (Å²) >= 11 is 0. The standard InChI is InChI=1S/C12H18N2O4S2/c1-12(2,9-7-8-9)14-20(17,18)11-6-4-3-5-10(11)19(13,15)16/h3-6,9,14H,7-8H2,1-2H3,(H2,13,15,16). The zero-order valence-corrected chi connectivity index (χ0v) is 13.0. The fraction of sp³-hybridized carbons (Fsp3) is 0.500. The summed E-state index contributed by atoms with van der Waals surface area (Å²) in [6, 6.07) is 5.33. The Kier molecular flexibility index (Phi) is 3.70. The van der Waals surface area contributed by atoms with Gasteiger partial charge in [0.2, 0.25) is 20.0 Å². The molecule has 0 radical (unpaired) electrons. The smallest absolute Gasteiger partial charge is 0.225 e. The van der Waals surface area contributed by atoms with Gasteiger partial charge in [-0.2, -0.15) is 0 Å². The largest absolute Gasteiger partial charge is 0.242 e. The Balaban J connectivity index is 2.45. The third-order valence-corrected chi connectivity index (χ3v) is 6.27. The summed E-state index contributed by atoms with van der Waals surface area (Å²) in [6.45, 7) is 3.59. The monoisotopic (exact) mass is 318 g/mol. The molecule has 0 unspecified atom stereocenters. The molecule has 0 bridgehead atoms. The lowest BCUT2D eigenvalue weighted by atomic mass is 10.0. The molecular formula is C12H18N2O4S2. The average molecular weight is 318 g/mol. The van der Waals surface area contributed by atoms with Crippen LogP contribution in [0.25, 0.3) is 0 Å². The Hall–Kier alpha value is -0.960. The van der Waals surface area contributed by atoms with E-state index in [9.17, 15) is 16.8 Å². The molecule has 20 heavy (non-hydrogen) atoms. The molecule has 0 aliphatic heterocycles. The molecule has 1 aliphatic carbocycles. The van der Waals surface area contributed by atoms with E-state index < -0.39 is 25.6 Å². The molecule has 1 fully saturated rings. The molecule has 8 heteroatoms. The molecule has 3 N–H and O–H groups in total. The normalized spacial score (nSPS) is 17.1. The number of nitrogens with two attached hydrogens (primary N) is 1. The maximum atomic E-state index is 12.4. The van der Waals surface area contributed by atoms with Gasteiger partial charge < -0.3 is 0 Å². The Labute approximate surface area is 119 Å². The van der Waals surface area contributed by atoms with Crippen molar-refractivity contribution in [3.05, 3.63) is 24.3 Å². The molecule has 1 saturated carbocycles. The van der Waals surface area contributed by atoms with Gasteiger partial charge in [-0.3, -0.25) is 0 Å². The van der Waals surface area contributed by atoms with Crippen LogP contribution in [0.1, 0.15) is 26.7 Å². The average Bonchev–Trinajstić information content (AvgIpc) is 3.10. The van der Waals surface area contributed by atoms with Gasteiger partial charge in [0.1, 0.15) is 9.79 Å². The quantitative estimate of drug-likeness (QED) is 0.837. The number of benzene rings is 1. The Morgan fingerprint density at radius 1 is 1.10 bits per heavy atom. The minimum Gasteiger partial charge on any atom is -0.225 e. The van der Waals surface area contributed by atoms with E-state index in [0.717, 1.165) is 12.8 Å². The van der Waals surface area contributed by atoms with Crippen LogP contribution in [0.2, 0.25) is 0 Å². The van der Waals surface area contributed by atoms with Crippen molar-refractivity contribution in [2.45, 2.75) is 42.0 Å². The highest BCUT2D eigenvalue weighted by molar-refractivity contribution is 7.92. The second-order valence-electron chi connectivity index (χ2n) is 5.59. The molecule has 1 aliphatic rings. The molecule has 0 atom stereocenters. The van der Waals surface area contributed by atoms with Gasteiger partial charge in [-0.25, -0.2) is 26.7 Å². The van der Waals surface area contributed by atoms with Gasteiger partial charge in [-0.1, -0.05) is 12.1 Å². The van der Waals surface area contributed by atoms with Crippen LogP contribution in [-0.4, -0.2) is 22.4 Å². The highest BCUT2D eigenvalue weighted by Crippen LogP contribution is 2.40. The van der Waals surface area contributed by atoms with E-state index in [-0.39, 0.29) is 15.7 Å². The molecule has 0 saturated heterocycles. The molecule has 1 aromatic carbocycles. The summed E-state index contributed by atoms with van der Waals surface area (Å²) in [5.74, 6) is 0.277. The molecule has 112 valence electrons. The minimum absolute atomic E-state index is 0.277. The SMILES string of the molecule is CC(C)(NS(=O)(=O)c1ccccc1S(N)(=O)=O)C1CC1. The summed E-state index contributed by atoms with van der Waals surface area (Å²) in [5.41, 5.74) is -0.607. The second-order valence-corrected chi connectivity index (χ2v) is 8.77. The number of hydrogen-bond acceptors (Lipinski definition) is 4. The summed E-state index contributed by atoms with van der Waals surface area (Å²) in [4.78, 5) is -0.699. The summed E-state index contributed by atoms with van der Waals surface area (Å²) < 4.78 is 50.4. The zero-order chi connectivity index (χ0) is 15.2. The van der Waals surface area contributed by atoms with Crippen molar-refractivity contribution < 1.29 is 16.8 Å². The highest BCUT2D eigenvalue weighted by Gasteiger charge is 2.41. The number of nitrogens with one attached hydrogen (secondary N) is 1. The first-order chi connectivity index (χ1) is 9.04. The third kappa shape index (κ3) is 3.20. The van der Waals surface area contributed by atoms with E-state index in [2.05, 4.69) is 4.72 Å². The van der Waals surface area contributed by atoms with Crippen molar-refractivity contribution in [1.82, 2.24) is 4.72 Å². The molecule has 0 heterocycles. The predicted octanol–water partition coefficient (Wildman–Crippen LogP) is 0.801. The van der Waals surface area contributed by atoms with Gasteiger partial charge in [0.05, 0.1) is 0 Å². The first-order valence-electron chi connectivity index (χ1n) is 6.20. The number of primary sulfonamides is 1. The first-order valence-corrected chi connectivity index (χ1v) is 9.23. The maximum absolute atomic E-state index is 12.4. The summed E-state index contributed by atoms with van der Waals surface area (Å²) in [7, 11) is -8.04. The van der Waals surface area contributed by atoms with Crippen molar-refractivity contribution in [3.8, 4) is 0 Å². The highest BCUT2D eigenvalue weighted by atomic mass is 32.2. The second kappa shape index (κ2) is 4.80. The zero-order valence-electron chi connectivity index (χ0n) is 11.3. The lowest BCUT2D eigenvalue weighted by Crippen LogP contribution is -2.45. The van der Waals surface area contributed by atoms with Gasteiger partial charge in [0.25, 0.3) is 0 Å². The lowest BCUT2D eigenvalue weighted by molar-refractivity contribution is 0.400. The predicted molar refractivity (Wildman–Crippen MR) is 74.9 cm³/mol. The minimum atomic E-state index is -4.10. The van der Waals surface area contributed by atoms with Crippen molar-refractivity contribution in [2.75, 3.05) is 0 Å². The van der Waals surface area contributed by atoms with Gasteiger partial charge in [-0.05, 0) is 44.7 Å². The van der Waals surface area contributed by atoms with Gasteiger partial charge in [0, 0.05) is 5.54 Å². The van der Waals surface area contributed by atoms with E-state index in [0.29, 0.717) is 0 Å². The van der Waals surface area contributed by atoms with Gasteiger partial charge in [-0.15, -0.1) is 0 Å². The Morgan fingerprint density at radius 3 is 2.05 bits per heavy atom. The van der Waals surface area contributed by atoms with E-state index in [1.807, 2.05) is 0 Å². The molecule has 1 aromatic rings. The van der Waals surface area contributed by atoms with Crippen LogP contribution >= 0.6 is 0 Å². The topological polar surface area (TPSA) is 106 Å². The summed E-state index contributed by atoms with van der Waals surface area (Å²) in [5, 5.41) is 5.07. The fourth-order valence-electron chi connectivity index (χ4n) is 2.20. The van der Waals surface area contributed by atoms with Gasteiger partial charge in [0.15, 0.2) is 0 Å². The van der Waals surface area contributed by atoms with Crippen molar-refractivity contribution in [1.29, 1.82) is 0 Å². The van der Waals surface area contributed by atoms with Crippen LogP contribution in [0.15, 0.2) is 34.1 Å². The van der Waals surface area contributed by atoms with Crippen LogP contribution in [-0.2, 0) is 20.0 Å². The fourth-order valence-corrected chi connectivity index (χ4v) is 5.05.